The van der Waals surface area contributed by atoms with Gasteiger partial charge in [-0.15, -0.1) is 0 Å². The number of hydrogen-bond donors (Lipinski definition) is 2. The normalized spacial score (nSPS) is 22.2. The SMILES string of the molecule is CCOC(=O)C1CCN(C(=O)CC2(C)N=C(N)N(Cc3cccc(O)c3)C2=O)CC1. The number of phenolic OH excluding ortho intramolecular Hbond substituents is 1. The number of rotatable bonds is 6. The molecule has 0 aliphatic carbocycles. The van der Waals surface area contributed by atoms with Crippen molar-refractivity contribution in [1.29, 1.82) is 0 Å². The van der Waals surface area contributed by atoms with E-state index in [9.17, 15) is 19.5 Å². The van der Waals surface area contributed by atoms with Crippen molar-refractivity contribution in [2.24, 2.45) is 16.6 Å². The summed E-state index contributed by atoms with van der Waals surface area (Å²) in [4.78, 5) is 45.0. The summed E-state index contributed by atoms with van der Waals surface area (Å²) < 4.78 is 5.05. The fourth-order valence-electron chi connectivity index (χ4n) is 3.89. The molecule has 2 amide bonds. The van der Waals surface area contributed by atoms with Gasteiger partial charge in [0.25, 0.3) is 5.91 Å². The van der Waals surface area contributed by atoms with Crippen LogP contribution in [0, 0.1) is 5.92 Å². The monoisotopic (exact) mass is 416 g/mol. The van der Waals surface area contributed by atoms with Crippen molar-refractivity contribution in [3.8, 4) is 5.75 Å². The predicted molar refractivity (Wildman–Crippen MR) is 109 cm³/mol. The van der Waals surface area contributed by atoms with Crippen molar-refractivity contribution in [2.75, 3.05) is 19.7 Å². The van der Waals surface area contributed by atoms with Gasteiger partial charge in [-0.1, -0.05) is 12.1 Å². The molecule has 2 aliphatic rings. The minimum atomic E-state index is -1.27. The highest BCUT2D eigenvalue weighted by Gasteiger charge is 2.46. The van der Waals surface area contributed by atoms with Crippen LogP contribution in [-0.4, -0.2) is 63.9 Å². The van der Waals surface area contributed by atoms with Gasteiger partial charge in [0, 0.05) is 13.1 Å². The molecule has 0 radical (unpaired) electrons. The zero-order chi connectivity index (χ0) is 21.9. The van der Waals surface area contributed by atoms with Crippen LogP contribution in [0.4, 0.5) is 0 Å². The van der Waals surface area contributed by atoms with Gasteiger partial charge < -0.3 is 20.5 Å². The first kappa shape index (κ1) is 21.6. The van der Waals surface area contributed by atoms with Gasteiger partial charge in [0.05, 0.1) is 25.5 Å². The van der Waals surface area contributed by atoms with Crippen LogP contribution in [-0.2, 0) is 25.7 Å². The van der Waals surface area contributed by atoms with Crippen LogP contribution in [0.5, 0.6) is 5.75 Å². The van der Waals surface area contributed by atoms with Gasteiger partial charge in [0.15, 0.2) is 5.96 Å². The van der Waals surface area contributed by atoms with E-state index in [-0.39, 0.29) is 48.4 Å². The number of nitrogens with two attached hydrogens (primary N) is 1. The van der Waals surface area contributed by atoms with Crippen LogP contribution in [0.15, 0.2) is 29.3 Å². The van der Waals surface area contributed by atoms with Gasteiger partial charge in [0.1, 0.15) is 11.3 Å². The molecule has 9 nitrogen and oxygen atoms in total. The summed E-state index contributed by atoms with van der Waals surface area (Å²) in [6.07, 6.45) is 1.00. The number of aliphatic imine (C=N–C) groups is 1. The van der Waals surface area contributed by atoms with Gasteiger partial charge in [0.2, 0.25) is 5.91 Å². The third kappa shape index (κ3) is 4.55. The molecule has 3 N–H and O–H groups in total. The maximum Gasteiger partial charge on any atom is 0.309 e. The summed E-state index contributed by atoms with van der Waals surface area (Å²) in [7, 11) is 0. The summed E-state index contributed by atoms with van der Waals surface area (Å²) in [5.41, 5.74) is 5.42. The maximum absolute atomic E-state index is 13.0. The lowest BCUT2D eigenvalue weighted by Gasteiger charge is -2.32. The minimum Gasteiger partial charge on any atom is -0.508 e. The highest BCUT2D eigenvalue weighted by Crippen LogP contribution is 2.29. The molecule has 9 heteroatoms. The Hall–Kier alpha value is -3.10. The summed E-state index contributed by atoms with van der Waals surface area (Å²) in [6, 6.07) is 6.55. The first-order chi connectivity index (χ1) is 14.2. The lowest BCUT2D eigenvalue weighted by molar-refractivity contribution is -0.151. The molecule has 162 valence electrons. The van der Waals surface area contributed by atoms with Crippen molar-refractivity contribution in [3.63, 3.8) is 0 Å². The Morgan fingerprint density at radius 2 is 2.03 bits per heavy atom. The number of likely N-dealkylation sites (tertiary alicyclic amines) is 1. The lowest BCUT2D eigenvalue weighted by Crippen LogP contribution is -2.47. The average molecular weight is 416 g/mol. The van der Waals surface area contributed by atoms with E-state index in [0.29, 0.717) is 38.1 Å². The molecule has 1 saturated heterocycles. The zero-order valence-corrected chi connectivity index (χ0v) is 17.3. The molecular formula is C21H28N4O5. The Labute approximate surface area is 175 Å². The number of aromatic hydroxyl groups is 1. The molecule has 1 fully saturated rings. The van der Waals surface area contributed by atoms with Crippen molar-refractivity contribution in [1.82, 2.24) is 9.80 Å². The highest BCUT2D eigenvalue weighted by molar-refractivity contribution is 6.08. The molecule has 0 spiro atoms. The molecule has 1 aromatic rings. The first-order valence-electron chi connectivity index (χ1n) is 10.1. The summed E-state index contributed by atoms with van der Waals surface area (Å²) in [5.74, 6) is -0.799. The van der Waals surface area contributed by atoms with E-state index in [1.807, 2.05) is 0 Å². The Morgan fingerprint density at radius 3 is 2.67 bits per heavy atom. The first-order valence-corrected chi connectivity index (χ1v) is 10.1. The van der Waals surface area contributed by atoms with Gasteiger partial charge in [-0.2, -0.15) is 0 Å². The molecule has 2 heterocycles. The Balaban J connectivity index is 1.60. The third-order valence-corrected chi connectivity index (χ3v) is 5.56. The number of hydrogen-bond acceptors (Lipinski definition) is 7. The Bertz CT molecular complexity index is 863. The Morgan fingerprint density at radius 1 is 1.33 bits per heavy atom. The molecule has 1 aromatic carbocycles. The number of nitrogens with zero attached hydrogens (tertiary/aromatic N) is 3. The number of amides is 2. The van der Waals surface area contributed by atoms with Gasteiger partial charge in [-0.3, -0.25) is 19.3 Å². The molecular weight excluding hydrogens is 388 g/mol. The van der Waals surface area contributed by atoms with Gasteiger partial charge in [-0.25, -0.2) is 4.99 Å². The van der Waals surface area contributed by atoms with E-state index in [1.54, 1.807) is 43.0 Å². The van der Waals surface area contributed by atoms with E-state index in [2.05, 4.69) is 4.99 Å². The van der Waals surface area contributed by atoms with E-state index in [1.165, 1.54) is 4.90 Å². The van der Waals surface area contributed by atoms with E-state index < -0.39 is 5.54 Å². The summed E-state index contributed by atoms with van der Waals surface area (Å²) in [5, 5.41) is 9.62. The number of guanidine groups is 1. The molecule has 1 unspecified atom stereocenters. The van der Waals surface area contributed by atoms with Gasteiger partial charge >= 0.3 is 5.97 Å². The van der Waals surface area contributed by atoms with Crippen molar-refractivity contribution >= 4 is 23.7 Å². The molecule has 2 aliphatic heterocycles. The lowest BCUT2D eigenvalue weighted by atomic mass is 9.94. The average Bonchev–Trinajstić information content (AvgIpc) is 2.91. The maximum atomic E-state index is 13.0. The standard InChI is InChI=1S/C21H28N4O5/c1-3-30-18(28)15-7-9-24(10-8-15)17(27)12-21(2)19(29)25(20(22)23-21)13-14-5-4-6-16(26)11-14/h4-6,11,15,26H,3,7-10,12-13H2,1-2H3,(H2,22,23). The number of esters is 1. The minimum absolute atomic E-state index is 0.0552. The van der Waals surface area contributed by atoms with Gasteiger partial charge in [-0.05, 0) is 44.4 Å². The van der Waals surface area contributed by atoms with Crippen LogP contribution in [0.2, 0.25) is 0 Å². The number of piperidine rings is 1. The molecule has 0 saturated carbocycles. The number of ether oxygens (including phenoxy) is 1. The zero-order valence-electron chi connectivity index (χ0n) is 17.3. The second-order valence-corrected chi connectivity index (χ2v) is 7.89. The number of benzene rings is 1. The second kappa shape index (κ2) is 8.73. The number of phenols is 1. The van der Waals surface area contributed by atoms with E-state index in [4.69, 9.17) is 10.5 Å². The highest BCUT2D eigenvalue weighted by atomic mass is 16.5. The van der Waals surface area contributed by atoms with Crippen molar-refractivity contribution in [3.05, 3.63) is 29.8 Å². The topological polar surface area (TPSA) is 126 Å². The number of carbonyl (C=O) groups is 3. The molecule has 3 rings (SSSR count). The van der Waals surface area contributed by atoms with E-state index >= 15 is 0 Å². The van der Waals surface area contributed by atoms with Crippen molar-refractivity contribution in [2.45, 2.75) is 45.2 Å². The van der Waals surface area contributed by atoms with E-state index in [0.717, 1.165) is 0 Å². The molecule has 30 heavy (non-hydrogen) atoms. The largest absolute Gasteiger partial charge is 0.508 e. The number of carbonyl (C=O) groups excluding carboxylic acids is 3. The van der Waals surface area contributed by atoms with Crippen LogP contribution >= 0.6 is 0 Å². The van der Waals surface area contributed by atoms with Crippen LogP contribution in [0.25, 0.3) is 0 Å². The molecule has 0 aromatic heterocycles. The fourth-order valence-corrected chi connectivity index (χ4v) is 3.89. The molecule has 0 bridgehead atoms. The summed E-state index contributed by atoms with van der Waals surface area (Å²) >= 11 is 0. The molecule has 1 atom stereocenters. The quantitative estimate of drug-likeness (QED) is 0.667. The van der Waals surface area contributed by atoms with Crippen LogP contribution in [0.3, 0.4) is 0 Å². The second-order valence-electron chi connectivity index (χ2n) is 7.89. The fraction of sp³-hybridized carbons (Fsp3) is 0.524. The third-order valence-electron chi connectivity index (χ3n) is 5.56. The Kier molecular flexibility index (Phi) is 6.28. The summed E-state index contributed by atoms with van der Waals surface area (Å²) in [6.45, 7) is 4.77. The predicted octanol–water partition coefficient (Wildman–Crippen LogP) is 1.000. The smallest absolute Gasteiger partial charge is 0.309 e. The van der Waals surface area contributed by atoms with Crippen molar-refractivity contribution < 1.29 is 24.2 Å². The van der Waals surface area contributed by atoms with Crippen LogP contribution in [0.1, 0.15) is 38.7 Å². The van der Waals surface area contributed by atoms with Crippen LogP contribution < -0.4 is 5.73 Å².